The van der Waals surface area contributed by atoms with Gasteiger partial charge in [0.05, 0.1) is 12.8 Å². The number of hydrogen-bond donors (Lipinski definition) is 2. The molecule has 0 amide bonds. The number of hydrogen-bond acceptors (Lipinski definition) is 5. The Labute approximate surface area is 128 Å². The first kappa shape index (κ1) is 16.2. The van der Waals surface area contributed by atoms with Gasteiger partial charge in [0.25, 0.3) is 5.56 Å². The highest BCUT2D eigenvalue weighted by atomic mass is 32.2. The van der Waals surface area contributed by atoms with Crippen LogP contribution in [0.15, 0.2) is 35.1 Å². The number of aromatic nitrogens is 2. The summed E-state index contributed by atoms with van der Waals surface area (Å²) in [4.78, 5) is 17.8. The lowest BCUT2D eigenvalue weighted by molar-refractivity contribution is 0.395. The van der Waals surface area contributed by atoms with Crippen LogP contribution in [-0.4, -0.2) is 28.9 Å². The third-order valence-electron chi connectivity index (χ3n) is 3.09. The second kappa shape index (κ2) is 6.29. The average molecular weight is 322 g/mol. The van der Waals surface area contributed by atoms with Crippen molar-refractivity contribution < 1.29 is 8.42 Å². The summed E-state index contributed by atoms with van der Waals surface area (Å²) >= 11 is 0. The number of rotatable bonds is 5. The summed E-state index contributed by atoms with van der Waals surface area (Å²) in [5.74, 6) is 0.269. The van der Waals surface area contributed by atoms with Gasteiger partial charge in [0, 0.05) is 12.6 Å². The highest BCUT2D eigenvalue weighted by molar-refractivity contribution is 7.88. The van der Waals surface area contributed by atoms with Crippen molar-refractivity contribution in [1.29, 1.82) is 0 Å². The fraction of sp³-hybridized carbons (Fsp3) is 0.286. The van der Waals surface area contributed by atoms with Gasteiger partial charge in [0.2, 0.25) is 10.0 Å². The minimum atomic E-state index is -3.47. The van der Waals surface area contributed by atoms with Gasteiger partial charge in [-0.15, -0.1) is 0 Å². The van der Waals surface area contributed by atoms with E-state index in [0.29, 0.717) is 0 Å². The van der Waals surface area contributed by atoms with E-state index in [1.165, 1.54) is 4.31 Å². The van der Waals surface area contributed by atoms with Crippen molar-refractivity contribution in [3.05, 3.63) is 57.6 Å². The minimum absolute atomic E-state index is 0.0486. The van der Waals surface area contributed by atoms with Crippen LogP contribution in [0.25, 0.3) is 0 Å². The predicted octanol–water partition coefficient (Wildman–Crippen LogP) is 0.622. The molecule has 0 fully saturated rings. The fourth-order valence-electron chi connectivity index (χ4n) is 1.96. The smallest absolute Gasteiger partial charge is 0.253 e. The summed E-state index contributed by atoms with van der Waals surface area (Å²) in [6, 6.07) is 8.70. The summed E-state index contributed by atoms with van der Waals surface area (Å²) in [5, 5.41) is 0. The number of benzene rings is 1. The molecule has 1 aromatic heterocycles. The molecule has 2 aromatic rings. The van der Waals surface area contributed by atoms with Crippen LogP contribution in [0, 0.1) is 6.92 Å². The zero-order valence-corrected chi connectivity index (χ0v) is 13.2. The molecule has 7 nitrogen and oxygen atoms in total. The third-order valence-corrected chi connectivity index (χ3v) is 4.28. The van der Waals surface area contributed by atoms with Gasteiger partial charge in [-0.05, 0) is 12.5 Å². The van der Waals surface area contributed by atoms with Gasteiger partial charge in [-0.25, -0.2) is 13.4 Å². The standard InChI is InChI=1S/C14H18N4O3S/c1-10-3-5-11(6-4-10)8-18(22(2,20)21)9-13-16-12(15)7-14(19)17-13/h3-7H,8-9H2,1-2H3,(H3,15,16,17,19). The van der Waals surface area contributed by atoms with Gasteiger partial charge in [-0.2, -0.15) is 4.31 Å². The van der Waals surface area contributed by atoms with Crippen molar-refractivity contribution >= 4 is 15.8 Å². The lowest BCUT2D eigenvalue weighted by Crippen LogP contribution is -2.31. The van der Waals surface area contributed by atoms with Gasteiger partial charge in [0.15, 0.2) is 0 Å². The highest BCUT2D eigenvalue weighted by Gasteiger charge is 2.19. The lowest BCUT2D eigenvalue weighted by Gasteiger charge is -2.19. The van der Waals surface area contributed by atoms with Crippen LogP contribution in [0.5, 0.6) is 0 Å². The van der Waals surface area contributed by atoms with Crippen LogP contribution in [0.4, 0.5) is 5.82 Å². The second-order valence-electron chi connectivity index (χ2n) is 5.13. The van der Waals surface area contributed by atoms with E-state index in [9.17, 15) is 13.2 Å². The molecular weight excluding hydrogens is 304 g/mol. The van der Waals surface area contributed by atoms with Crippen molar-refractivity contribution in [3.63, 3.8) is 0 Å². The van der Waals surface area contributed by atoms with Crippen molar-refractivity contribution in [2.45, 2.75) is 20.0 Å². The zero-order chi connectivity index (χ0) is 16.3. The molecule has 0 aliphatic heterocycles. The number of nitrogen functional groups attached to an aromatic ring is 1. The molecular formula is C14H18N4O3S. The molecule has 1 aromatic carbocycles. The highest BCUT2D eigenvalue weighted by Crippen LogP contribution is 2.12. The Balaban J connectivity index is 2.27. The summed E-state index contributed by atoms with van der Waals surface area (Å²) in [7, 11) is -3.47. The van der Waals surface area contributed by atoms with Gasteiger partial charge in [-0.1, -0.05) is 29.8 Å². The Morgan fingerprint density at radius 1 is 1.23 bits per heavy atom. The Hall–Kier alpha value is -2.19. The molecule has 0 spiro atoms. The molecule has 8 heteroatoms. The average Bonchev–Trinajstić information content (AvgIpc) is 2.38. The monoisotopic (exact) mass is 322 g/mol. The van der Waals surface area contributed by atoms with Crippen LogP contribution in [0.2, 0.25) is 0 Å². The molecule has 0 radical (unpaired) electrons. The van der Waals surface area contributed by atoms with E-state index < -0.39 is 15.6 Å². The maximum Gasteiger partial charge on any atom is 0.253 e. The van der Waals surface area contributed by atoms with Crippen LogP contribution in [-0.2, 0) is 23.1 Å². The normalized spacial score (nSPS) is 11.8. The second-order valence-corrected chi connectivity index (χ2v) is 7.12. The molecule has 0 aliphatic rings. The number of nitrogens with two attached hydrogens (primary N) is 1. The Morgan fingerprint density at radius 2 is 1.86 bits per heavy atom. The van der Waals surface area contributed by atoms with E-state index in [4.69, 9.17) is 5.73 Å². The van der Waals surface area contributed by atoms with Crippen molar-refractivity contribution in [2.75, 3.05) is 12.0 Å². The zero-order valence-electron chi connectivity index (χ0n) is 12.4. The Bertz CT molecular complexity index is 813. The molecule has 0 saturated carbocycles. The number of aryl methyl sites for hydroxylation is 1. The van der Waals surface area contributed by atoms with E-state index in [-0.39, 0.29) is 24.7 Å². The molecule has 118 valence electrons. The summed E-state index contributed by atoms with van der Waals surface area (Å²) < 4.78 is 25.1. The number of sulfonamides is 1. The van der Waals surface area contributed by atoms with E-state index in [2.05, 4.69) is 9.97 Å². The number of nitrogens with one attached hydrogen (secondary N) is 1. The fourth-order valence-corrected chi connectivity index (χ4v) is 2.70. The van der Waals surface area contributed by atoms with Gasteiger partial charge < -0.3 is 10.7 Å². The quantitative estimate of drug-likeness (QED) is 0.839. The van der Waals surface area contributed by atoms with Crippen molar-refractivity contribution in [3.8, 4) is 0 Å². The molecule has 0 bridgehead atoms. The van der Waals surface area contributed by atoms with Gasteiger partial charge in [-0.3, -0.25) is 4.79 Å². The Morgan fingerprint density at radius 3 is 2.41 bits per heavy atom. The molecule has 0 saturated heterocycles. The van der Waals surface area contributed by atoms with Crippen LogP contribution < -0.4 is 11.3 Å². The van der Waals surface area contributed by atoms with Crippen LogP contribution in [0.3, 0.4) is 0 Å². The van der Waals surface area contributed by atoms with Crippen molar-refractivity contribution in [1.82, 2.24) is 14.3 Å². The molecule has 0 atom stereocenters. The number of anilines is 1. The first-order valence-corrected chi connectivity index (χ1v) is 8.45. The number of aromatic amines is 1. The first-order chi connectivity index (χ1) is 10.2. The number of H-pyrrole nitrogens is 1. The van der Waals surface area contributed by atoms with Crippen LogP contribution >= 0.6 is 0 Å². The minimum Gasteiger partial charge on any atom is -0.383 e. The molecule has 0 aliphatic carbocycles. The first-order valence-electron chi connectivity index (χ1n) is 6.60. The SMILES string of the molecule is Cc1ccc(CN(Cc2nc(N)cc(=O)[nH]2)S(C)(=O)=O)cc1. The van der Waals surface area contributed by atoms with E-state index in [0.717, 1.165) is 23.4 Å². The van der Waals surface area contributed by atoms with Crippen LogP contribution in [0.1, 0.15) is 17.0 Å². The largest absolute Gasteiger partial charge is 0.383 e. The molecule has 3 N–H and O–H groups in total. The number of nitrogens with zero attached hydrogens (tertiary/aromatic N) is 2. The Kier molecular flexibility index (Phi) is 4.62. The maximum absolute atomic E-state index is 12.0. The predicted molar refractivity (Wildman–Crippen MR) is 84.5 cm³/mol. The lowest BCUT2D eigenvalue weighted by atomic mass is 10.1. The summed E-state index contributed by atoms with van der Waals surface area (Å²) in [5.41, 5.74) is 7.05. The third kappa shape index (κ3) is 4.40. The van der Waals surface area contributed by atoms with E-state index >= 15 is 0 Å². The van der Waals surface area contributed by atoms with Gasteiger partial charge in [0.1, 0.15) is 11.6 Å². The molecule has 22 heavy (non-hydrogen) atoms. The van der Waals surface area contributed by atoms with Gasteiger partial charge >= 0.3 is 0 Å². The van der Waals surface area contributed by atoms with Crippen molar-refractivity contribution in [2.24, 2.45) is 0 Å². The topological polar surface area (TPSA) is 109 Å². The van der Waals surface area contributed by atoms with E-state index in [1.807, 2.05) is 31.2 Å². The van der Waals surface area contributed by atoms with E-state index in [1.54, 1.807) is 0 Å². The summed E-state index contributed by atoms with van der Waals surface area (Å²) in [6.45, 7) is 2.10. The molecule has 2 rings (SSSR count). The maximum atomic E-state index is 12.0. The molecule has 1 heterocycles. The molecule has 0 unspecified atom stereocenters. The summed E-state index contributed by atoms with van der Waals surface area (Å²) in [6.07, 6.45) is 1.12.